The molecule has 4 N–H and O–H groups in total. The van der Waals surface area contributed by atoms with Crippen molar-refractivity contribution in [1.29, 1.82) is 0 Å². The highest BCUT2D eigenvalue weighted by Gasteiger charge is 2.38. The Kier molecular flexibility index (Phi) is 5.73. The predicted molar refractivity (Wildman–Crippen MR) is 112 cm³/mol. The molecule has 0 saturated heterocycles. The molecule has 1 unspecified atom stereocenters. The maximum Gasteiger partial charge on any atom is 0.414 e. The van der Waals surface area contributed by atoms with E-state index in [1.807, 2.05) is 0 Å². The first kappa shape index (κ1) is 21.6. The summed E-state index contributed by atoms with van der Waals surface area (Å²) in [4.78, 5) is 28.7. The number of fused-ring (bicyclic) bond motifs is 1. The SMILES string of the molecule is CC(C)(C)OC(=O)N1CC(C(=O)NNS(=O)(=O)c2ccc(N)cc2)c2ccccc21. The topological polar surface area (TPSA) is 131 Å². The van der Waals surface area contributed by atoms with Gasteiger partial charge in [-0.25, -0.2) is 13.2 Å². The summed E-state index contributed by atoms with van der Waals surface area (Å²) in [6, 6.07) is 12.5. The van der Waals surface area contributed by atoms with Crippen LogP contribution in [0.2, 0.25) is 0 Å². The number of ether oxygens (including phenoxy) is 1. The number of nitrogen functional groups attached to an aromatic ring is 1. The Bertz CT molecular complexity index is 1060. The molecular formula is C20H24N4O5S. The maximum absolute atomic E-state index is 12.8. The van der Waals surface area contributed by atoms with Gasteiger partial charge in [-0.2, -0.15) is 0 Å². The molecule has 0 bridgehead atoms. The van der Waals surface area contributed by atoms with Gasteiger partial charge in [0.25, 0.3) is 10.0 Å². The zero-order valence-corrected chi connectivity index (χ0v) is 17.7. The standard InChI is InChI=1S/C20H24N4O5S/c1-20(2,3)29-19(26)24-12-16(15-6-4-5-7-17(15)24)18(25)22-23-30(27,28)14-10-8-13(21)9-11-14/h4-11,16,23H,12,21H2,1-3H3,(H,22,25). The molecule has 2 aromatic carbocycles. The van der Waals surface area contributed by atoms with Crippen molar-refractivity contribution >= 4 is 33.4 Å². The number of nitrogens with one attached hydrogen (secondary N) is 2. The Morgan fingerprint density at radius 1 is 1.10 bits per heavy atom. The van der Waals surface area contributed by atoms with E-state index in [-0.39, 0.29) is 11.4 Å². The van der Waals surface area contributed by atoms with Crippen molar-refractivity contribution in [3.05, 3.63) is 54.1 Å². The van der Waals surface area contributed by atoms with E-state index in [1.54, 1.807) is 45.0 Å². The van der Waals surface area contributed by atoms with E-state index < -0.39 is 33.5 Å². The summed E-state index contributed by atoms with van der Waals surface area (Å²) in [5.41, 5.74) is 8.69. The van der Waals surface area contributed by atoms with Gasteiger partial charge in [-0.05, 0) is 56.7 Å². The summed E-state index contributed by atoms with van der Waals surface area (Å²) >= 11 is 0. The Hall–Kier alpha value is -3.11. The lowest BCUT2D eigenvalue weighted by Crippen LogP contribution is -2.45. The van der Waals surface area contributed by atoms with Gasteiger partial charge in [-0.15, -0.1) is 4.83 Å². The average Bonchev–Trinajstić information content (AvgIpc) is 3.05. The fourth-order valence-electron chi connectivity index (χ4n) is 3.03. The quantitative estimate of drug-likeness (QED) is 0.501. The van der Waals surface area contributed by atoms with Crippen molar-refractivity contribution in [3.63, 3.8) is 0 Å². The van der Waals surface area contributed by atoms with Crippen LogP contribution in [0.1, 0.15) is 32.3 Å². The normalized spacial score (nSPS) is 16.1. The molecule has 0 aliphatic carbocycles. The van der Waals surface area contributed by atoms with E-state index in [0.29, 0.717) is 16.9 Å². The number of nitrogens with two attached hydrogens (primary N) is 1. The molecule has 160 valence electrons. The van der Waals surface area contributed by atoms with Crippen LogP contribution in [0.4, 0.5) is 16.2 Å². The van der Waals surface area contributed by atoms with Crippen molar-refractivity contribution in [2.45, 2.75) is 37.2 Å². The minimum atomic E-state index is -3.98. The first-order chi connectivity index (χ1) is 14.0. The van der Waals surface area contributed by atoms with Gasteiger partial charge in [0.2, 0.25) is 5.91 Å². The second kappa shape index (κ2) is 7.96. The number of rotatable bonds is 4. The molecular weight excluding hydrogens is 408 g/mol. The second-order valence-corrected chi connectivity index (χ2v) is 9.55. The molecule has 3 rings (SSSR count). The smallest absolute Gasteiger partial charge is 0.414 e. The van der Waals surface area contributed by atoms with Gasteiger partial charge in [-0.1, -0.05) is 18.2 Å². The number of nitrogens with zero attached hydrogens (tertiary/aromatic N) is 1. The minimum Gasteiger partial charge on any atom is -0.443 e. The van der Waals surface area contributed by atoms with Gasteiger partial charge < -0.3 is 10.5 Å². The fourth-order valence-corrected chi connectivity index (χ4v) is 3.88. The van der Waals surface area contributed by atoms with E-state index in [4.69, 9.17) is 10.5 Å². The molecule has 1 aliphatic heterocycles. The number of anilines is 2. The van der Waals surface area contributed by atoms with Crippen LogP contribution in [0.3, 0.4) is 0 Å². The highest BCUT2D eigenvalue weighted by molar-refractivity contribution is 7.89. The van der Waals surface area contributed by atoms with Crippen LogP contribution in [-0.2, 0) is 19.6 Å². The van der Waals surface area contributed by atoms with Crippen LogP contribution < -0.4 is 20.9 Å². The Balaban J connectivity index is 1.75. The fraction of sp³-hybridized carbons (Fsp3) is 0.300. The molecule has 0 saturated carbocycles. The molecule has 1 aliphatic rings. The van der Waals surface area contributed by atoms with Crippen molar-refractivity contribution in [2.75, 3.05) is 17.2 Å². The van der Waals surface area contributed by atoms with Gasteiger partial charge in [0.1, 0.15) is 5.60 Å². The number of sulfonamides is 1. The molecule has 2 amide bonds. The maximum atomic E-state index is 12.8. The molecule has 0 fully saturated rings. The first-order valence-corrected chi connectivity index (χ1v) is 10.7. The molecule has 9 nitrogen and oxygen atoms in total. The molecule has 0 aromatic heterocycles. The van der Waals surface area contributed by atoms with Gasteiger partial charge >= 0.3 is 6.09 Å². The molecule has 30 heavy (non-hydrogen) atoms. The largest absolute Gasteiger partial charge is 0.443 e. The molecule has 1 atom stereocenters. The lowest BCUT2D eigenvalue weighted by Gasteiger charge is -2.25. The van der Waals surface area contributed by atoms with Crippen molar-refractivity contribution in [2.24, 2.45) is 0 Å². The van der Waals surface area contributed by atoms with Crippen molar-refractivity contribution in [1.82, 2.24) is 10.3 Å². The zero-order chi connectivity index (χ0) is 22.1. The number of carbonyl (C=O) groups excluding carboxylic acids is 2. The number of carbonyl (C=O) groups is 2. The first-order valence-electron chi connectivity index (χ1n) is 9.24. The highest BCUT2D eigenvalue weighted by Crippen LogP contribution is 2.37. The Morgan fingerprint density at radius 3 is 2.37 bits per heavy atom. The molecule has 10 heteroatoms. The summed E-state index contributed by atoms with van der Waals surface area (Å²) < 4.78 is 30.2. The monoisotopic (exact) mass is 432 g/mol. The highest BCUT2D eigenvalue weighted by atomic mass is 32.2. The minimum absolute atomic E-state index is 0.0314. The summed E-state index contributed by atoms with van der Waals surface area (Å²) in [5.74, 6) is -1.35. The third-order valence-corrected chi connectivity index (χ3v) is 5.66. The van der Waals surface area contributed by atoms with Crippen LogP contribution in [0, 0.1) is 0 Å². The Labute approximate surface area is 175 Å². The Morgan fingerprint density at radius 2 is 1.73 bits per heavy atom. The molecule has 0 spiro atoms. The molecule has 0 radical (unpaired) electrons. The summed E-state index contributed by atoms with van der Waals surface area (Å²) in [7, 11) is -3.98. The lowest BCUT2D eigenvalue weighted by atomic mass is 10.0. The van der Waals surface area contributed by atoms with Crippen LogP contribution >= 0.6 is 0 Å². The number of hydrogen-bond acceptors (Lipinski definition) is 6. The van der Waals surface area contributed by atoms with Gasteiger partial charge in [0, 0.05) is 12.2 Å². The van der Waals surface area contributed by atoms with Gasteiger partial charge in [0.05, 0.1) is 16.5 Å². The number of para-hydroxylation sites is 1. The van der Waals surface area contributed by atoms with E-state index in [9.17, 15) is 18.0 Å². The predicted octanol–water partition coefficient (Wildman–Crippen LogP) is 2.12. The number of hydrazine groups is 1. The number of amides is 2. The van der Waals surface area contributed by atoms with Crippen molar-refractivity contribution < 1.29 is 22.7 Å². The van der Waals surface area contributed by atoms with E-state index in [2.05, 4.69) is 10.3 Å². The number of hydrogen-bond donors (Lipinski definition) is 3. The second-order valence-electron chi connectivity index (χ2n) is 7.87. The number of benzene rings is 2. The lowest BCUT2D eigenvalue weighted by molar-refractivity contribution is -0.122. The summed E-state index contributed by atoms with van der Waals surface area (Å²) in [6.07, 6.45) is -0.576. The van der Waals surface area contributed by atoms with E-state index in [0.717, 1.165) is 0 Å². The van der Waals surface area contributed by atoms with E-state index >= 15 is 0 Å². The molecule has 1 heterocycles. The third kappa shape index (κ3) is 4.71. The summed E-state index contributed by atoms with van der Waals surface area (Å²) in [6.45, 7) is 5.29. The van der Waals surface area contributed by atoms with Gasteiger partial charge in [-0.3, -0.25) is 15.1 Å². The van der Waals surface area contributed by atoms with Crippen LogP contribution in [0.5, 0.6) is 0 Å². The third-order valence-electron chi connectivity index (χ3n) is 4.40. The van der Waals surface area contributed by atoms with Crippen LogP contribution in [0.15, 0.2) is 53.4 Å². The van der Waals surface area contributed by atoms with E-state index in [1.165, 1.54) is 29.2 Å². The average molecular weight is 433 g/mol. The summed E-state index contributed by atoms with van der Waals surface area (Å²) in [5, 5.41) is 0. The van der Waals surface area contributed by atoms with Crippen LogP contribution in [-0.4, -0.2) is 32.6 Å². The van der Waals surface area contributed by atoms with Crippen LogP contribution in [0.25, 0.3) is 0 Å². The van der Waals surface area contributed by atoms with Gasteiger partial charge in [0.15, 0.2) is 0 Å². The van der Waals surface area contributed by atoms with Crippen molar-refractivity contribution in [3.8, 4) is 0 Å². The molecule has 2 aromatic rings. The zero-order valence-electron chi connectivity index (χ0n) is 16.9.